The largest absolute Gasteiger partial charge is 0.445 e. The molecule has 0 aromatic heterocycles. The van der Waals surface area contributed by atoms with Crippen LogP contribution in [0, 0.1) is 0 Å². The lowest BCUT2D eigenvalue weighted by atomic mass is 10.1. The molecule has 3 heteroatoms. The van der Waals surface area contributed by atoms with Gasteiger partial charge in [0.2, 0.25) is 0 Å². The fourth-order valence-corrected chi connectivity index (χ4v) is 1.69. The highest BCUT2D eigenvalue weighted by atomic mass is 16.5. The van der Waals surface area contributed by atoms with Crippen LogP contribution in [0.3, 0.4) is 0 Å². The highest BCUT2D eigenvalue weighted by Gasteiger charge is 2.01. The van der Waals surface area contributed by atoms with Crippen LogP contribution in [0.4, 0.5) is 4.79 Å². The van der Waals surface area contributed by atoms with E-state index in [9.17, 15) is 4.79 Å². The number of hydrogen-bond donors (Lipinski definition) is 1. The highest BCUT2D eigenvalue weighted by Crippen LogP contribution is 2.06. The molecule has 0 heterocycles. The predicted molar refractivity (Wildman–Crippen MR) is 78.9 cm³/mol. The summed E-state index contributed by atoms with van der Waals surface area (Å²) in [5.74, 6) is 0. The zero-order valence-corrected chi connectivity index (χ0v) is 11.7. The van der Waals surface area contributed by atoms with Crippen molar-refractivity contribution < 1.29 is 9.53 Å². The molecule has 0 unspecified atom stereocenters. The lowest BCUT2D eigenvalue weighted by molar-refractivity contribution is 0.139. The first kappa shape index (κ1) is 15.3. The molecule has 0 aliphatic rings. The monoisotopic (exact) mass is 261 g/mol. The van der Waals surface area contributed by atoms with Crippen molar-refractivity contribution in [2.75, 3.05) is 6.54 Å². The molecule has 0 fully saturated rings. The zero-order chi connectivity index (χ0) is 13.9. The maximum absolute atomic E-state index is 11.4. The third kappa shape index (κ3) is 6.65. The number of nitrogens with one attached hydrogen (secondary N) is 1. The summed E-state index contributed by atoms with van der Waals surface area (Å²) in [5.41, 5.74) is 2.04. The minimum atomic E-state index is -0.343. The van der Waals surface area contributed by atoms with Crippen LogP contribution in [0.25, 0.3) is 6.08 Å². The van der Waals surface area contributed by atoms with Gasteiger partial charge in [0.05, 0.1) is 0 Å². The highest BCUT2D eigenvalue weighted by molar-refractivity contribution is 5.67. The molecule has 3 nitrogen and oxygen atoms in total. The van der Waals surface area contributed by atoms with Gasteiger partial charge in [0.15, 0.2) is 0 Å². The average Bonchev–Trinajstić information content (AvgIpc) is 2.45. The van der Waals surface area contributed by atoms with E-state index in [0.717, 1.165) is 24.0 Å². The second-order valence-electron chi connectivity index (χ2n) is 4.51. The van der Waals surface area contributed by atoms with Gasteiger partial charge in [-0.15, -0.1) is 0 Å². The third-order valence-corrected chi connectivity index (χ3v) is 2.89. The normalized spacial score (nSPS) is 9.95. The Balaban J connectivity index is 2.16. The molecule has 0 atom stereocenters. The first-order valence-corrected chi connectivity index (χ1v) is 6.88. The number of alkyl carbamates (subject to hydrolysis) is 1. The zero-order valence-electron chi connectivity index (χ0n) is 11.7. The summed E-state index contributed by atoms with van der Waals surface area (Å²) in [7, 11) is 0. The van der Waals surface area contributed by atoms with Gasteiger partial charge in [-0.2, -0.15) is 0 Å². The number of ether oxygens (including phenoxy) is 1. The fraction of sp³-hybridized carbons (Fsp3) is 0.438. The Labute approximate surface area is 115 Å². The maximum Gasteiger partial charge on any atom is 0.407 e. The van der Waals surface area contributed by atoms with Crippen LogP contribution in [0.1, 0.15) is 43.7 Å². The fourth-order valence-electron chi connectivity index (χ4n) is 1.69. The molecule has 1 rings (SSSR count). The van der Waals surface area contributed by atoms with Gasteiger partial charge in [-0.1, -0.05) is 63.1 Å². The minimum absolute atomic E-state index is 0.304. The smallest absolute Gasteiger partial charge is 0.407 e. The van der Waals surface area contributed by atoms with Crippen molar-refractivity contribution in [3.63, 3.8) is 0 Å². The van der Waals surface area contributed by atoms with Gasteiger partial charge in [-0.3, -0.25) is 0 Å². The first-order valence-electron chi connectivity index (χ1n) is 6.88. The van der Waals surface area contributed by atoms with E-state index >= 15 is 0 Å². The molecule has 0 aliphatic heterocycles. The van der Waals surface area contributed by atoms with Crippen LogP contribution >= 0.6 is 0 Å². The summed E-state index contributed by atoms with van der Waals surface area (Å²) < 4.78 is 5.13. The Morgan fingerprint density at radius 2 is 2.00 bits per heavy atom. The van der Waals surface area contributed by atoms with Crippen molar-refractivity contribution in [3.8, 4) is 0 Å². The molecule has 1 amide bonds. The topological polar surface area (TPSA) is 38.3 Å². The standard InChI is InChI=1S/C16H23NO2/c1-3-5-6-7-12-17-16(18)19-13-15-10-8-14(4-2)9-11-15/h4,8-11H,2-3,5-7,12-13H2,1H3,(H,17,18). The van der Waals surface area contributed by atoms with Gasteiger partial charge in [-0.05, 0) is 17.5 Å². The Kier molecular flexibility index (Phi) is 7.40. The summed E-state index contributed by atoms with van der Waals surface area (Å²) in [6, 6.07) is 7.78. The van der Waals surface area contributed by atoms with Crippen molar-refractivity contribution in [1.29, 1.82) is 0 Å². The summed E-state index contributed by atoms with van der Waals surface area (Å²) in [5, 5.41) is 2.76. The van der Waals surface area contributed by atoms with Gasteiger partial charge in [0.1, 0.15) is 6.61 Å². The number of carbonyl (C=O) groups is 1. The first-order chi connectivity index (χ1) is 9.26. The third-order valence-electron chi connectivity index (χ3n) is 2.89. The number of hydrogen-bond acceptors (Lipinski definition) is 2. The molecule has 1 aromatic carbocycles. The summed E-state index contributed by atoms with van der Waals surface area (Å²) in [4.78, 5) is 11.4. The predicted octanol–water partition coefficient (Wildman–Crippen LogP) is 4.14. The summed E-state index contributed by atoms with van der Waals surface area (Å²) >= 11 is 0. The van der Waals surface area contributed by atoms with Crippen LogP contribution in [0.2, 0.25) is 0 Å². The molecule has 0 saturated heterocycles. The second kappa shape index (κ2) is 9.20. The van der Waals surface area contributed by atoms with Crippen molar-refractivity contribution in [1.82, 2.24) is 5.32 Å². The Morgan fingerprint density at radius 1 is 1.26 bits per heavy atom. The minimum Gasteiger partial charge on any atom is -0.445 e. The van der Waals surface area contributed by atoms with E-state index in [-0.39, 0.29) is 6.09 Å². The van der Waals surface area contributed by atoms with E-state index in [1.807, 2.05) is 24.3 Å². The van der Waals surface area contributed by atoms with E-state index in [4.69, 9.17) is 4.74 Å². The molecule has 1 aromatic rings. The van der Waals surface area contributed by atoms with Crippen molar-refractivity contribution in [2.45, 2.75) is 39.2 Å². The van der Waals surface area contributed by atoms with Crippen molar-refractivity contribution >= 4 is 12.2 Å². The van der Waals surface area contributed by atoms with Crippen LogP contribution in [0.15, 0.2) is 30.8 Å². The molecule has 0 aliphatic carbocycles. The van der Waals surface area contributed by atoms with E-state index in [2.05, 4.69) is 18.8 Å². The molecular formula is C16H23NO2. The molecule has 1 N–H and O–H groups in total. The van der Waals surface area contributed by atoms with E-state index in [0.29, 0.717) is 13.2 Å². The van der Waals surface area contributed by atoms with Crippen molar-refractivity contribution in [2.24, 2.45) is 0 Å². The van der Waals surface area contributed by atoms with Gasteiger partial charge < -0.3 is 10.1 Å². The lowest BCUT2D eigenvalue weighted by Crippen LogP contribution is -2.25. The number of carbonyl (C=O) groups excluding carboxylic acids is 1. The number of amides is 1. The van der Waals surface area contributed by atoms with Gasteiger partial charge in [0.25, 0.3) is 0 Å². The maximum atomic E-state index is 11.4. The second-order valence-corrected chi connectivity index (χ2v) is 4.51. The van der Waals surface area contributed by atoms with Crippen LogP contribution in [0.5, 0.6) is 0 Å². The number of rotatable bonds is 8. The Morgan fingerprint density at radius 3 is 2.63 bits per heavy atom. The average molecular weight is 261 g/mol. The molecule has 0 saturated carbocycles. The molecule has 0 radical (unpaired) electrons. The summed E-state index contributed by atoms with van der Waals surface area (Å²) in [6.07, 6.45) is 6.02. The van der Waals surface area contributed by atoms with E-state index in [1.165, 1.54) is 12.8 Å². The van der Waals surface area contributed by atoms with Crippen LogP contribution in [-0.2, 0) is 11.3 Å². The number of unbranched alkanes of at least 4 members (excludes halogenated alkanes) is 3. The van der Waals surface area contributed by atoms with Crippen molar-refractivity contribution in [3.05, 3.63) is 42.0 Å². The van der Waals surface area contributed by atoms with Crippen LogP contribution < -0.4 is 5.32 Å². The van der Waals surface area contributed by atoms with Gasteiger partial charge in [0, 0.05) is 6.54 Å². The SMILES string of the molecule is C=Cc1ccc(COC(=O)NCCCCCC)cc1. The molecule has 0 bridgehead atoms. The van der Waals surface area contributed by atoms with Gasteiger partial charge in [-0.25, -0.2) is 4.79 Å². The molecule has 19 heavy (non-hydrogen) atoms. The molecule has 0 spiro atoms. The summed E-state index contributed by atoms with van der Waals surface area (Å²) in [6.45, 7) is 6.85. The Bertz CT molecular complexity index is 384. The van der Waals surface area contributed by atoms with E-state index in [1.54, 1.807) is 6.08 Å². The number of benzene rings is 1. The van der Waals surface area contributed by atoms with Gasteiger partial charge >= 0.3 is 6.09 Å². The quantitative estimate of drug-likeness (QED) is 0.714. The molecule has 104 valence electrons. The molecular weight excluding hydrogens is 238 g/mol. The van der Waals surface area contributed by atoms with E-state index < -0.39 is 0 Å². The lowest BCUT2D eigenvalue weighted by Gasteiger charge is -2.07. The Hall–Kier alpha value is -1.77. The van der Waals surface area contributed by atoms with Crippen LogP contribution in [-0.4, -0.2) is 12.6 Å².